The van der Waals surface area contributed by atoms with Crippen LogP contribution in [0.1, 0.15) is 35.3 Å². The molecule has 1 unspecified atom stereocenters. The Morgan fingerprint density at radius 3 is 2.73 bits per heavy atom. The maximum atomic E-state index is 10.9. The molecular weight excluding hydrogens is 276 g/mol. The van der Waals surface area contributed by atoms with Crippen molar-refractivity contribution in [2.24, 2.45) is 5.41 Å². The van der Waals surface area contributed by atoms with Crippen molar-refractivity contribution in [3.63, 3.8) is 0 Å². The summed E-state index contributed by atoms with van der Waals surface area (Å²) in [6.45, 7) is 4.79. The fourth-order valence-corrected chi connectivity index (χ4v) is 2.75. The van der Waals surface area contributed by atoms with Crippen LogP contribution in [0.5, 0.6) is 5.75 Å². The fraction of sp³-hybridized carbons (Fsp3) is 0.316. The SMILES string of the molecule is CC1(C)Cc2ccc(C=O)cc2OC1OCc1ccccc1. The van der Waals surface area contributed by atoms with E-state index in [1.54, 1.807) is 6.07 Å². The molecule has 2 aromatic carbocycles. The van der Waals surface area contributed by atoms with Gasteiger partial charge in [0.15, 0.2) is 0 Å². The van der Waals surface area contributed by atoms with Gasteiger partial charge >= 0.3 is 0 Å². The Labute approximate surface area is 130 Å². The normalized spacial score (nSPS) is 19.1. The quantitative estimate of drug-likeness (QED) is 0.800. The number of rotatable bonds is 4. The highest BCUT2D eigenvalue weighted by molar-refractivity contribution is 5.76. The molecule has 0 aromatic heterocycles. The summed E-state index contributed by atoms with van der Waals surface area (Å²) in [6.07, 6.45) is 1.37. The van der Waals surface area contributed by atoms with Crippen LogP contribution >= 0.6 is 0 Å². The first kappa shape index (κ1) is 14.8. The number of aldehydes is 1. The molecule has 3 nitrogen and oxygen atoms in total. The van der Waals surface area contributed by atoms with E-state index in [0.29, 0.717) is 12.2 Å². The number of hydrogen-bond donors (Lipinski definition) is 0. The van der Waals surface area contributed by atoms with Crippen molar-refractivity contribution >= 4 is 6.29 Å². The Morgan fingerprint density at radius 1 is 1.23 bits per heavy atom. The summed E-state index contributed by atoms with van der Waals surface area (Å²) < 4.78 is 12.0. The lowest BCUT2D eigenvalue weighted by Gasteiger charge is -2.39. The van der Waals surface area contributed by atoms with Crippen molar-refractivity contribution in [3.05, 3.63) is 65.2 Å². The van der Waals surface area contributed by atoms with E-state index in [-0.39, 0.29) is 11.7 Å². The molecule has 1 heterocycles. The van der Waals surface area contributed by atoms with Crippen LogP contribution in [0.4, 0.5) is 0 Å². The average molecular weight is 296 g/mol. The first-order chi connectivity index (χ1) is 10.6. The lowest BCUT2D eigenvalue weighted by atomic mass is 9.82. The topological polar surface area (TPSA) is 35.5 Å². The van der Waals surface area contributed by atoms with Crippen LogP contribution in [0.25, 0.3) is 0 Å². The number of carbonyl (C=O) groups is 1. The van der Waals surface area contributed by atoms with Gasteiger partial charge in [0.2, 0.25) is 6.29 Å². The van der Waals surface area contributed by atoms with Crippen LogP contribution in [-0.2, 0) is 17.8 Å². The van der Waals surface area contributed by atoms with Crippen molar-refractivity contribution in [1.82, 2.24) is 0 Å². The molecular formula is C19H20O3. The van der Waals surface area contributed by atoms with Gasteiger partial charge in [0.25, 0.3) is 0 Å². The maximum absolute atomic E-state index is 10.9. The second kappa shape index (κ2) is 5.93. The molecule has 2 aromatic rings. The van der Waals surface area contributed by atoms with Gasteiger partial charge in [-0.05, 0) is 23.6 Å². The van der Waals surface area contributed by atoms with E-state index in [1.807, 2.05) is 42.5 Å². The molecule has 0 bridgehead atoms. The number of ether oxygens (including phenoxy) is 2. The molecule has 0 radical (unpaired) electrons. The van der Waals surface area contributed by atoms with E-state index in [0.717, 1.165) is 29.6 Å². The summed E-state index contributed by atoms with van der Waals surface area (Å²) in [6, 6.07) is 15.6. The number of benzene rings is 2. The Balaban J connectivity index is 1.77. The molecule has 3 heteroatoms. The Morgan fingerprint density at radius 2 is 2.00 bits per heavy atom. The van der Waals surface area contributed by atoms with Crippen LogP contribution in [0.2, 0.25) is 0 Å². The molecule has 0 amide bonds. The Hall–Kier alpha value is -2.13. The van der Waals surface area contributed by atoms with Crippen LogP contribution < -0.4 is 4.74 Å². The second-order valence-corrected chi connectivity index (χ2v) is 6.40. The predicted molar refractivity (Wildman–Crippen MR) is 85.0 cm³/mol. The molecule has 0 aliphatic carbocycles. The number of hydrogen-bond acceptors (Lipinski definition) is 3. The van der Waals surface area contributed by atoms with E-state index in [4.69, 9.17) is 9.47 Å². The minimum atomic E-state index is -0.331. The summed E-state index contributed by atoms with van der Waals surface area (Å²) in [5, 5.41) is 0. The van der Waals surface area contributed by atoms with E-state index in [9.17, 15) is 4.79 Å². The first-order valence-corrected chi connectivity index (χ1v) is 7.49. The molecule has 0 saturated heterocycles. The van der Waals surface area contributed by atoms with Crippen LogP contribution in [0, 0.1) is 5.41 Å². The van der Waals surface area contributed by atoms with Gasteiger partial charge in [0.05, 0.1) is 6.61 Å². The predicted octanol–water partition coefficient (Wildman–Crippen LogP) is 4.00. The standard InChI is InChI=1S/C19H20O3/c1-19(2)11-16-9-8-15(12-20)10-17(16)22-18(19)21-13-14-6-4-3-5-7-14/h3-10,12,18H,11,13H2,1-2H3. The van der Waals surface area contributed by atoms with Crippen molar-refractivity contribution in [2.45, 2.75) is 33.2 Å². The minimum absolute atomic E-state index is 0.121. The van der Waals surface area contributed by atoms with Crippen LogP contribution in [-0.4, -0.2) is 12.6 Å². The average Bonchev–Trinajstić information content (AvgIpc) is 2.53. The molecule has 114 valence electrons. The third kappa shape index (κ3) is 3.04. The zero-order valence-electron chi connectivity index (χ0n) is 12.9. The third-order valence-corrected chi connectivity index (χ3v) is 3.99. The number of fused-ring (bicyclic) bond motifs is 1. The molecule has 1 atom stereocenters. The summed E-state index contributed by atoms with van der Waals surface area (Å²) in [4.78, 5) is 10.9. The lowest BCUT2D eigenvalue weighted by Crippen LogP contribution is -2.41. The summed E-state index contributed by atoms with van der Waals surface area (Å²) in [5.74, 6) is 0.752. The molecule has 0 N–H and O–H groups in total. The van der Waals surface area contributed by atoms with Gasteiger partial charge in [-0.2, -0.15) is 0 Å². The minimum Gasteiger partial charge on any atom is -0.464 e. The molecule has 22 heavy (non-hydrogen) atoms. The third-order valence-electron chi connectivity index (χ3n) is 3.99. The van der Waals surface area contributed by atoms with Crippen molar-refractivity contribution in [3.8, 4) is 5.75 Å². The second-order valence-electron chi connectivity index (χ2n) is 6.40. The molecule has 0 fully saturated rings. The van der Waals surface area contributed by atoms with Crippen molar-refractivity contribution in [1.29, 1.82) is 0 Å². The molecule has 1 aliphatic rings. The zero-order valence-corrected chi connectivity index (χ0v) is 12.9. The summed E-state index contributed by atoms with van der Waals surface area (Å²) in [5.41, 5.74) is 2.74. The molecule has 1 aliphatic heterocycles. The van der Waals surface area contributed by atoms with Gasteiger partial charge in [-0.25, -0.2) is 0 Å². The van der Waals surface area contributed by atoms with Gasteiger partial charge in [0.1, 0.15) is 12.0 Å². The highest BCUT2D eigenvalue weighted by Gasteiger charge is 2.37. The van der Waals surface area contributed by atoms with E-state index in [1.165, 1.54) is 0 Å². The highest BCUT2D eigenvalue weighted by atomic mass is 16.7. The lowest BCUT2D eigenvalue weighted by molar-refractivity contribution is -0.162. The van der Waals surface area contributed by atoms with E-state index >= 15 is 0 Å². The first-order valence-electron chi connectivity index (χ1n) is 7.49. The largest absolute Gasteiger partial charge is 0.464 e. The fourth-order valence-electron chi connectivity index (χ4n) is 2.75. The number of carbonyl (C=O) groups excluding carboxylic acids is 1. The highest BCUT2D eigenvalue weighted by Crippen LogP contribution is 2.39. The Kier molecular flexibility index (Phi) is 3.99. The maximum Gasteiger partial charge on any atom is 0.205 e. The zero-order chi connectivity index (χ0) is 15.6. The van der Waals surface area contributed by atoms with Gasteiger partial charge in [-0.15, -0.1) is 0 Å². The van der Waals surface area contributed by atoms with Gasteiger partial charge in [-0.1, -0.05) is 56.3 Å². The monoisotopic (exact) mass is 296 g/mol. The van der Waals surface area contributed by atoms with Crippen molar-refractivity contribution < 1.29 is 14.3 Å². The molecule has 0 spiro atoms. The van der Waals surface area contributed by atoms with Gasteiger partial charge < -0.3 is 9.47 Å². The molecule has 3 rings (SSSR count). The van der Waals surface area contributed by atoms with Crippen molar-refractivity contribution in [2.75, 3.05) is 0 Å². The van der Waals surface area contributed by atoms with Crippen LogP contribution in [0.3, 0.4) is 0 Å². The van der Waals surface area contributed by atoms with E-state index in [2.05, 4.69) is 13.8 Å². The smallest absolute Gasteiger partial charge is 0.205 e. The van der Waals surface area contributed by atoms with Crippen LogP contribution in [0.15, 0.2) is 48.5 Å². The Bertz CT molecular complexity index is 662. The van der Waals surface area contributed by atoms with Gasteiger partial charge in [-0.3, -0.25) is 4.79 Å². The van der Waals surface area contributed by atoms with E-state index < -0.39 is 0 Å². The van der Waals surface area contributed by atoms with Gasteiger partial charge in [0, 0.05) is 11.0 Å². The summed E-state index contributed by atoms with van der Waals surface area (Å²) >= 11 is 0. The summed E-state index contributed by atoms with van der Waals surface area (Å²) in [7, 11) is 0. The molecule has 0 saturated carbocycles.